The topological polar surface area (TPSA) is 0 Å². The summed E-state index contributed by atoms with van der Waals surface area (Å²) in [6.07, 6.45) is 14.5. The second kappa shape index (κ2) is 10.7. The van der Waals surface area contributed by atoms with Gasteiger partial charge in [-0.2, -0.15) is 6.08 Å². The van der Waals surface area contributed by atoms with Gasteiger partial charge >= 0.3 is 35.3 Å². The van der Waals surface area contributed by atoms with E-state index < -0.39 is 16.5 Å². The Labute approximate surface area is 85.0 Å². The van der Waals surface area contributed by atoms with Crippen molar-refractivity contribution in [2.24, 2.45) is 0 Å². The first kappa shape index (κ1) is 11.7. The van der Waals surface area contributed by atoms with Crippen molar-refractivity contribution in [1.82, 2.24) is 0 Å². The Morgan fingerprint density at radius 3 is 2.73 bits per heavy atom. The van der Waals surface area contributed by atoms with Gasteiger partial charge in [-0.05, 0) is 0 Å². The molecule has 0 saturated heterocycles. The molecule has 0 bridgehead atoms. The van der Waals surface area contributed by atoms with E-state index in [-0.39, 0.29) is 0 Å². The van der Waals surface area contributed by atoms with Gasteiger partial charge in [0.2, 0.25) is 0 Å². The zero-order valence-corrected chi connectivity index (χ0v) is 9.92. The molecule has 0 nitrogen and oxygen atoms in total. The van der Waals surface area contributed by atoms with Crippen LogP contribution < -0.4 is 0 Å². The van der Waals surface area contributed by atoms with Crippen molar-refractivity contribution >= 4 is 18.8 Å². The van der Waals surface area contributed by atoms with Crippen LogP contribution in [0.25, 0.3) is 0 Å². The Hall–Kier alpha value is 0.748. The molecule has 1 aliphatic carbocycles. The first-order valence-electron chi connectivity index (χ1n) is 3.46. The Morgan fingerprint density at radius 2 is 2.00 bits per heavy atom. The fourth-order valence-corrected chi connectivity index (χ4v) is 0.805. The Balaban J connectivity index is 0.000000292. The average molecular weight is 373 g/mol. The summed E-state index contributed by atoms with van der Waals surface area (Å²) in [5.74, 6) is 0. The minimum atomic E-state index is -0.472. The van der Waals surface area contributed by atoms with Gasteiger partial charge in [0.15, 0.2) is 0 Å². The Morgan fingerprint density at radius 1 is 1.27 bits per heavy atom. The first-order chi connectivity index (χ1) is 5.41. The summed E-state index contributed by atoms with van der Waals surface area (Å²) in [5, 5.41) is 0. The molecule has 0 spiro atoms. The minimum absolute atomic E-state index is 0.472. The Kier molecular flexibility index (Phi) is 11.5. The van der Waals surface area contributed by atoms with Crippen LogP contribution in [0.2, 0.25) is 0 Å². The van der Waals surface area contributed by atoms with Gasteiger partial charge in [0.1, 0.15) is 0 Å². The van der Waals surface area contributed by atoms with Crippen molar-refractivity contribution in [3.8, 4) is 0 Å². The summed E-state index contributed by atoms with van der Waals surface area (Å²) < 4.78 is 0. The molecule has 0 heterocycles. The van der Waals surface area contributed by atoms with Gasteiger partial charge in [-0.25, -0.2) is 12.2 Å². The third-order valence-corrected chi connectivity index (χ3v) is 1.29. The molecule has 0 aromatic carbocycles. The van der Waals surface area contributed by atoms with Crippen molar-refractivity contribution < 1.29 is 16.5 Å². The molecule has 0 aliphatic heterocycles. The molecule has 0 fully saturated rings. The van der Waals surface area contributed by atoms with E-state index in [1.165, 1.54) is 19.3 Å². The molecule has 0 aromatic rings. The molecule has 1 aliphatic rings. The third kappa shape index (κ3) is 10.7. The standard InChI is InChI=1S/C8H11.2ClH.Pt/c1-2-4-6-8-7-5-3-1;;;/h1-3H,4,6-8H2;2*1H;/q-1;;;+2/p-2. The number of allylic oxidation sites excluding steroid dienone is 4. The van der Waals surface area contributed by atoms with Gasteiger partial charge in [0.25, 0.3) is 0 Å². The number of hydrogen-bond donors (Lipinski definition) is 0. The normalized spacial score (nSPS) is 16.5. The summed E-state index contributed by atoms with van der Waals surface area (Å²) in [5.41, 5.74) is 0. The second-order valence-corrected chi connectivity index (χ2v) is 5.37. The van der Waals surface area contributed by atoms with Gasteiger partial charge < -0.3 is 0 Å². The molecular weight excluding hydrogens is 362 g/mol. The monoisotopic (exact) mass is 372 g/mol. The summed E-state index contributed by atoms with van der Waals surface area (Å²) in [6, 6.07) is 0. The van der Waals surface area contributed by atoms with Gasteiger partial charge in [0, 0.05) is 0 Å². The molecular formula is C8H11Cl2Pt-. The van der Waals surface area contributed by atoms with Crippen LogP contribution in [0, 0.1) is 6.08 Å². The third-order valence-electron chi connectivity index (χ3n) is 1.29. The van der Waals surface area contributed by atoms with Crippen LogP contribution in [0.5, 0.6) is 0 Å². The molecule has 3 heteroatoms. The SMILES string of the molecule is [C-]1=CC=CCCCC1.[Cl][Pt][Cl]. The number of hydrogen-bond acceptors (Lipinski definition) is 0. The molecule has 0 amide bonds. The van der Waals surface area contributed by atoms with Crippen LogP contribution in [0.3, 0.4) is 0 Å². The molecule has 0 radical (unpaired) electrons. The van der Waals surface area contributed by atoms with Crippen molar-refractivity contribution in [2.75, 3.05) is 0 Å². The summed E-state index contributed by atoms with van der Waals surface area (Å²) in [4.78, 5) is 0. The first-order valence-corrected chi connectivity index (χ1v) is 9.09. The van der Waals surface area contributed by atoms with E-state index in [0.717, 1.165) is 6.42 Å². The molecule has 0 N–H and O–H groups in total. The van der Waals surface area contributed by atoms with E-state index >= 15 is 0 Å². The number of halogens is 2. The maximum atomic E-state index is 4.88. The molecule has 68 valence electrons. The predicted octanol–water partition coefficient (Wildman–Crippen LogP) is 3.85. The van der Waals surface area contributed by atoms with E-state index in [2.05, 4.69) is 18.2 Å². The van der Waals surface area contributed by atoms with Gasteiger partial charge in [-0.3, -0.25) is 6.08 Å². The summed E-state index contributed by atoms with van der Waals surface area (Å²) in [7, 11) is 9.75. The van der Waals surface area contributed by atoms with Crippen LogP contribution in [0.15, 0.2) is 18.2 Å². The predicted molar refractivity (Wildman–Crippen MR) is 47.1 cm³/mol. The van der Waals surface area contributed by atoms with E-state index in [4.69, 9.17) is 18.8 Å². The van der Waals surface area contributed by atoms with Crippen molar-refractivity contribution in [3.05, 3.63) is 24.3 Å². The zero-order valence-electron chi connectivity index (χ0n) is 6.13. The quantitative estimate of drug-likeness (QED) is 0.566. The van der Waals surface area contributed by atoms with Crippen LogP contribution in [-0.4, -0.2) is 0 Å². The van der Waals surface area contributed by atoms with Crippen LogP contribution >= 0.6 is 18.8 Å². The second-order valence-electron chi connectivity index (χ2n) is 2.09. The molecule has 0 atom stereocenters. The average Bonchev–Trinajstić information content (AvgIpc) is 1.86. The fraction of sp³-hybridized carbons (Fsp3) is 0.500. The van der Waals surface area contributed by atoms with Crippen molar-refractivity contribution in [3.63, 3.8) is 0 Å². The zero-order chi connectivity index (χ0) is 8.36. The fourth-order valence-electron chi connectivity index (χ4n) is 0.805. The van der Waals surface area contributed by atoms with E-state index in [0.29, 0.717) is 0 Å². The van der Waals surface area contributed by atoms with Gasteiger partial charge in [-0.15, -0.1) is 6.42 Å². The van der Waals surface area contributed by atoms with Gasteiger partial charge in [-0.1, -0.05) is 19.3 Å². The molecule has 0 aromatic heterocycles. The van der Waals surface area contributed by atoms with Crippen molar-refractivity contribution in [1.29, 1.82) is 0 Å². The van der Waals surface area contributed by atoms with E-state index in [1.54, 1.807) is 0 Å². The summed E-state index contributed by atoms with van der Waals surface area (Å²) in [6.45, 7) is 0. The van der Waals surface area contributed by atoms with Crippen LogP contribution in [0.1, 0.15) is 25.7 Å². The molecule has 11 heavy (non-hydrogen) atoms. The molecule has 0 unspecified atom stereocenters. The van der Waals surface area contributed by atoms with Gasteiger partial charge in [0.05, 0.1) is 0 Å². The van der Waals surface area contributed by atoms with Crippen molar-refractivity contribution in [2.45, 2.75) is 25.7 Å². The van der Waals surface area contributed by atoms with E-state index in [9.17, 15) is 0 Å². The van der Waals surface area contributed by atoms with E-state index in [1.807, 2.05) is 6.08 Å². The molecule has 1 rings (SSSR count). The van der Waals surface area contributed by atoms with Crippen LogP contribution in [-0.2, 0) is 16.5 Å². The summed E-state index contributed by atoms with van der Waals surface area (Å²) >= 11 is -0.472. The van der Waals surface area contributed by atoms with Crippen LogP contribution in [0.4, 0.5) is 0 Å². The maximum absolute atomic E-state index is 4.88. The number of rotatable bonds is 0. The Bertz CT molecular complexity index is 107. The molecule has 0 saturated carbocycles.